The number of methoxy groups -OCH3 is 1. The van der Waals surface area contributed by atoms with E-state index in [4.69, 9.17) is 4.74 Å². The molecule has 0 bridgehead atoms. The molecule has 2 amide bonds. The second-order valence-corrected chi connectivity index (χ2v) is 5.89. The molecule has 1 aliphatic heterocycles. The van der Waals surface area contributed by atoms with E-state index < -0.39 is 0 Å². The van der Waals surface area contributed by atoms with Crippen molar-refractivity contribution < 1.29 is 14.3 Å². The lowest BCUT2D eigenvalue weighted by Gasteiger charge is -2.36. The zero-order valence-corrected chi connectivity index (χ0v) is 14.5. The maximum atomic E-state index is 12.8. The summed E-state index contributed by atoms with van der Waals surface area (Å²) in [6, 6.07) is 8.83. The molecule has 1 atom stereocenters. The van der Waals surface area contributed by atoms with Gasteiger partial charge < -0.3 is 14.5 Å². The Bertz CT molecular complexity index is 745. The molecule has 3 rings (SSSR count). The second kappa shape index (κ2) is 7.38. The molecule has 1 aromatic heterocycles. The van der Waals surface area contributed by atoms with E-state index in [0.717, 1.165) is 5.69 Å². The highest BCUT2D eigenvalue weighted by atomic mass is 16.5. The largest absolute Gasteiger partial charge is 0.495 e. The highest BCUT2D eigenvalue weighted by molar-refractivity contribution is 5.99. The molecule has 132 valence electrons. The highest BCUT2D eigenvalue weighted by Crippen LogP contribution is 2.29. The molecule has 0 radical (unpaired) electrons. The molecule has 0 spiro atoms. The van der Waals surface area contributed by atoms with Gasteiger partial charge in [-0.05, 0) is 24.6 Å². The van der Waals surface area contributed by atoms with Gasteiger partial charge in [0.15, 0.2) is 0 Å². The summed E-state index contributed by atoms with van der Waals surface area (Å²) in [5.74, 6) is 0.470. The SMILES string of the molecule is CC[C@@H](C(=O)N1CCN(c2ccccc2OC)C(=O)C1)n1cccn1. The molecule has 0 saturated carbocycles. The molecule has 1 saturated heterocycles. The molecule has 2 aromatic rings. The minimum absolute atomic E-state index is 0.0641. The molecule has 0 unspecified atom stereocenters. The number of carbonyl (C=O) groups is 2. The highest BCUT2D eigenvalue weighted by Gasteiger charge is 2.32. The van der Waals surface area contributed by atoms with Gasteiger partial charge in [-0.3, -0.25) is 14.3 Å². The molecule has 0 N–H and O–H groups in total. The van der Waals surface area contributed by atoms with E-state index in [1.165, 1.54) is 0 Å². The standard InChI is InChI=1S/C18H22N4O3/c1-3-14(22-10-6-9-19-22)18(24)20-11-12-21(17(23)13-20)15-7-4-5-8-16(15)25-2/h4-10,14H,3,11-13H2,1-2H3/t14-/m0/s1. The Morgan fingerprint density at radius 1 is 1.28 bits per heavy atom. The van der Waals surface area contributed by atoms with Crippen LogP contribution in [0.3, 0.4) is 0 Å². The van der Waals surface area contributed by atoms with Crippen molar-refractivity contribution in [3.63, 3.8) is 0 Å². The summed E-state index contributed by atoms with van der Waals surface area (Å²) in [6.07, 6.45) is 4.06. The first kappa shape index (κ1) is 17.0. The molecule has 1 aliphatic rings. The van der Waals surface area contributed by atoms with Gasteiger partial charge in [0.05, 0.1) is 12.8 Å². The van der Waals surface area contributed by atoms with E-state index in [9.17, 15) is 9.59 Å². The summed E-state index contributed by atoms with van der Waals surface area (Å²) in [6.45, 7) is 2.94. The molecule has 1 aromatic carbocycles. The van der Waals surface area contributed by atoms with Crippen LogP contribution in [0, 0.1) is 0 Å². The summed E-state index contributed by atoms with van der Waals surface area (Å²) in [5, 5.41) is 4.16. The molecular formula is C18H22N4O3. The molecular weight excluding hydrogens is 320 g/mol. The van der Waals surface area contributed by atoms with Crippen LogP contribution in [0.2, 0.25) is 0 Å². The number of aromatic nitrogens is 2. The van der Waals surface area contributed by atoms with Crippen LogP contribution in [0.15, 0.2) is 42.7 Å². The Labute approximate surface area is 146 Å². The van der Waals surface area contributed by atoms with E-state index >= 15 is 0 Å². The van der Waals surface area contributed by atoms with Crippen LogP contribution in [0.25, 0.3) is 0 Å². The van der Waals surface area contributed by atoms with Gasteiger partial charge in [-0.15, -0.1) is 0 Å². The minimum atomic E-state index is -0.374. The Hall–Kier alpha value is -2.83. The topological polar surface area (TPSA) is 67.7 Å². The first-order valence-corrected chi connectivity index (χ1v) is 8.37. The summed E-state index contributed by atoms with van der Waals surface area (Å²) < 4.78 is 6.99. The summed E-state index contributed by atoms with van der Waals surface area (Å²) >= 11 is 0. The van der Waals surface area contributed by atoms with Crippen LogP contribution >= 0.6 is 0 Å². The number of amides is 2. The van der Waals surface area contributed by atoms with E-state index in [1.54, 1.807) is 40.1 Å². The Morgan fingerprint density at radius 2 is 2.08 bits per heavy atom. The fourth-order valence-electron chi connectivity index (χ4n) is 3.12. The van der Waals surface area contributed by atoms with Gasteiger partial charge in [0.2, 0.25) is 11.8 Å². The van der Waals surface area contributed by atoms with E-state index in [-0.39, 0.29) is 24.4 Å². The quantitative estimate of drug-likeness (QED) is 0.830. The number of hydrogen-bond acceptors (Lipinski definition) is 4. The maximum absolute atomic E-state index is 12.8. The van der Waals surface area contributed by atoms with E-state index in [0.29, 0.717) is 25.3 Å². The van der Waals surface area contributed by atoms with Crippen LogP contribution in [-0.4, -0.2) is 53.2 Å². The third-order valence-corrected chi connectivity index (χ3v) is 4.42. The second-order valence-electron chi connectivity index (χ2n) is 5.89. The number of benzene rings is 1. The van der Waals surface area contributed by atoms with Crippen LogP contribution in [0.4, 0.5) is 5.69 Å². The van der Waals surface area contributed by atoms with Gasteiger partial charge in [0.1, 0.15) is 18.3 Å². The van der Waals surface area contributed by atoms with Crippen LogP contribution in [0.5, 0.6) is 5.75 Å². The zero-order chi connectivity index (χ0) is 17.8. The molecule has 1 fully saturated rings. The molecule has 7 heteroatoms. The van der Waals surface area contributed by atoms with Crippen molar-refractivity contribution >= 4 is 17.5 Å². The zero-order valence-electron chi connectivity index (χ0n) is 14.5. The van der Waals surface area contributed by atoms with Crippen LogP contribution in [-0.2, 0) is 9.59 Å². The Morgan fingerprint density at radius 3 is 2.72 bits per heavy atom. The first-order chi connectivity index (χ1) is 12.2. The van der Waals surface area contributed by atoms with Crippen molar-refractivity contribution in [2.45, 2.75) is 19.4 Å². The van der Waals surface area contributed by atoms with Gasteiger partial charge in [0, 0.05) is 25.5 Å². The lowest BCUT2D eigenvalue weighted by atomic mass is 10.1. The Kier molecular flexibility index (Phi) is 5.02. The van der Waals surface area contributed by atoms with Gasteiger partial charge in [-0.25, -0.2) is 0 Å². The first-order valence-electron chi connectivity index (χ1n) is 8.37. The third kappa shape index (κ3) is 3.35. The smallest absolute Gasteiger partial charge is 0.247 e. The lowest BCUT2D eigenvalue weighted by Crippen LogP contribution is -2.54. The number of ether oxygens (including phenoxy) is 1. The monoisotopic (exact) mass is 342 g/mol. The fourth-order valence-corrected chi connectivity index (χ4v) is 3.12. The summed E-state index contributed by atoms with van der Waals surface area (Å²) in [7, 11) is 1.58. The average Bonchev–Trinajstić information content (AvgIpc) is 3.16. The lowest BCUT2D eigenvalue weighted by molar-refractivity contribution is -0.140. The van der Waals surface area contributed by atoms with Crippen molar-refractivity contribution in [3.05, 3.63) is 42.7 Å². The normalized spacial score (nSPS) is 16.0. The minimum Gasteiger partial charge on any atom is -0.495 e. The summed E-state index contributed by atoms with van der Waals surface area (Å²) in [4.78, 5) is 28.7. The predicted octanol–water partition coefficient (Wildman–Crippen LogP) is 1.72. The van der Waals surface area contributed by atoms with Crippen molar-refractivity contribution in [3.8, 4) is 5.75 Å². The van der Waals surface area contributed by atoms with Gasteiger partial charge in [-0.1, -0.05) is 19.1 Å². The number of rotatable bonds is 5. The van der Waals surface area contributed by atoms with Gasteiger partial charge in [-0.2, -0.15) is 5.10 Å². The number of para-hydroxylation sites is 2. The van der Waals surface area contributed by atoms with E-state index in [2.05, 4.69) is 5.10 Å². The van der Waals surface area contributed by atoms with Crippen LogP contribution < -0.4 is 9.64 Å². The van der Waals surface area contributed by atoms with Gasteiger partial charge in [0.25, 0.3) is 0 Å². The molecule has 0 aliphatic carbocycles. The Balaban J connectivity index is 1.73. The fraction of sp³-hybridized carbons (Fsp3) is 0.389. The number of anilines is 1. The predicted molar refractivity (Wildman–Crippen MR) is 93.5 cm³/mol. The van der Waals surface area contributed by atoms with Crippen molar-refractivity contribution in [2.24, 2.45) is 0 Å². The van der Waals surface area contributed by atoms with Crippen molar-refractivity contribution in [1.29, 1.82) is 0 Å². The number of carbonyl (C=O) groups excluding carboxylic acids is 2. The van der Waals surface area contributed by atoms with Gasteiger partial charge >= 0.3 is 0 Å². The van der Waals surface area contributed by atoms with E-state index in [1.807, 2.05) is 31.2 Å². The van der Waals surface area contributed by atoms with Crippen molar-refractivity contribution in [1.82, 2.24) is 14.7 Å². The summed E-state index contributed by atoms with van der Waals surface area (Å²) in [5.41, 5.74) is 0.737. The number of piperazine rings is 1. The average molecular weight is 342 g/mol. The third-order valence-electron chi connectivity index (χ3n) is 4.42. The maximum Gasteiger partial charge on any atom is 0.247 e. The van der Waals surface area contributed by atoms with Crippen molar-refractivity contribution in [2.75, 3.05) is 31.6 Å². The molecule has 7 nitrogen and oxygen atoms in total. The molecule has 25 heavy (non-hydrogen) atoms. The van der Waals surface area contributed by atoms with Crippen LogP contribution in [0.1, 0.15) is 19.4 Å². The number of nitrogens with zero attached hydrogens (tertiary/aromatic N) is 4. The molecule has 2 heterocycles. The number of hydrogen-bond donors (Lipinski definition) is 0.